The van der Waals surface area contributed by atoms with Gasteiger partial charge in [0.1, 0.15) is 0 Å². The molecule has 0 saturated heterocycles. The molecule has 0 aliphatic carbocycles. The second kappa shape index (κ2) is 25.8. The summed E-state index contributed by atoms with van der Waals surface area (Å²) in [7, 11) is 0. The summed E-state index contributed by atoms with van der Waals surface area (Å²) >= 11 is 6.25. The molecule has 0 spiro atoms. The fraction of sp³-hybridized carbons (Fsp3) is 1.00. The van der Waals surface area contributed by atoms with Gasteiger partial charge in [-0.05, 0) is 5.92 Å². The molecule has 0 amide bonds. The minimum absolute atomic E-state index is 0.250. The Bertz CT molecular complexity index is 188. The third kappa shape index (κ3) is 28.6. The number of rotatable bonds is 16. The van der Waals surface area contributed by atoms with Crippen LogP contribution in [0.5, 0.6) is 0 Å². The van der Waals surface area contributed by atoms with E-state index in [0.717, 1.165) is 5.92 Å². The van der Waals surface area contributed by atoms with Gasteiger partial charge in [0, 0.05) is 0 Å². The summed E-state index contributed by atoms with van der Waals surface area (Å²) < 4.78 is 0. The van der Waals surface area contributed by atoms with Crippen LogP contribution < -0.4 is 0 Å². The molecule has 0 bridgehead atoms. The van der Waals surface area contributed by atoms with E-state index in [0.29, 0.717) is 0 Å². The molecule has 0 saturated carbocycles. The Labute approximate surface area is 169 Å². The summed E-state index contributed by atoms with van der Waals surface area (Å²) in [6, 6.07) is 0. The molecule has 0 radical (unpaired) electrons. The Hall–Kier alpha value is 1.58. The maximum absolute atomic E-state index is 3.25. The SMILES string of the molecule is CCCCCCCCCCC(C)CCCCCCCC.[Br][Zn][Br]. The van der Waals surface area contributed by atoms with Crippen molar-refractivity contribution in [1.29, 1.82) is 0 Å². The van der Waals surface area contributed by atoms with Gasteiger partial charge in [-0.2, -0.15) is 0 Å². The average molecular weight is 508 g/mol. The van der Waals surface area contributed by atoms with Gasteiger partial charge in [-0.15, -0.1) is 0 Å². The van der Waals surface area contributed by atoms with Crippen LogP contribution >= 0.6 is 27.2 Å². The van der Waals surface area contributed by atoms with Crippen molar-refractivity contribution in [3.05, 3.63) is 0 Å². The van der Waals surface area contributed by atoms with Gasteiger partial charge in [0.15, 0.2) is 0 Å². The average Bonchev–Trinajstić information content (AvgIpc) is 2.54. The summed E-state index contributed by atoms with van der Waals surface area (Å²) in [6.07, 6.45) is 23.3. The van der Waals surface area contributed by atoms with Crippen LogP contribution in [0.3, 0.4) is 0 Å². The van der Waals surface area contributed by atoms with Gasteiger partial charge in [0.25, 0.3) is 0 Å². The summed E-state index contributed by atoms with van der Waals surface area (Å²) in [4.78, 5) is 0. The summed E-state index contributed by atoms with van der Waals surface area (Å²) in [6.45, 7) is 7.06. The molecular weight excluding hydrogens is 465 g/mol. The molecule has 0 fully saturated rings. The minimum atomic E-state index is -0.250. The number of halogens is 2. The maximum atomic E-state index is 3.25. The number of unbranched alkanes of at least 4 members (excludes halogenated alkanes) is 12. The monoisotopic (exact) mass is 504 g/mol. The van der Waals surface area contributed by atoms with E-state index in [4.69, 9.17) is 0 Å². The molecule has 0 nitrogen and oxygen atoms in total. The van der Waals surface area contributed by atoms with Crippen molar-refractivity contribution in [2.75, 3.05) is 0 Å². The Kier molecular flexibility index (Phi) is 30.1. The van der Waals surface area contributed by atoms with Crippen molar-refractivity contribution in [3.8, 4) is 0 Å². The quantitative estimate of drug-likeness (QED) is 0.144. The van der Waals surface area contributed by atoms with Gasteiger partial charge in [0.05, 0.1) is 0 Å². The van der Waals surface area contributed by atoms with Crippen LogP contribution in [-0.2, 0) is 13.2 Å². The second-order valence-electron chi connectivity index (χ2n) is 7.03. The predicted octanol–water partition coefficient (Wildman–Crippen LogP) is 9.59. The molecule has 0 rings (SSSR count). The fourth-order valence-corrected chi connectivity index (χ4v) is 3.04. The molecule has 3 heteroatoms. The van der Waals surface area contributed by atoms with Gasteiger partial charge in [-0.3, -0.25) is 0 Å². The van der Waals surface area contributed by atoms with E-state index in [2.05, 4.69) is 48.0 Å². The Morgan fingerprint density at radius 3 is 1.13 bits per heavy atom. The van der Waals surface area contributed by atoms with Gasteiger partial charge >= 0.3 is 40.5 Å². The summed E-state index contributed by atoms with van der Waals surface area (Å²) in [5.41, 5.74) is 0. The van der Waals surface area contributed by atoms with E-state index in [9.17, 15) is 0 Å². The first kappa shape index (κ1) is 26.8. The van der Waals surface area contributed by atoms with Crippen molar-refractivity contribution >= 4 is 27.2 Å². The predicted molar refractivity (Wildman–Crippen MR) is 112 cm³/mol. The molecule has 1 atom stereocenters. The van der Waals surface area contributed by atoms with Crippen molar-refractivity contribution < 1.29 is 13.2 Å². The van der Waals surface area contributed by atoms with Crippen LogP contribution in [0, 0.1) is 5.92 Å². The molecule has 0 aromatic heterocycles. The summed E-state index contributed by atoms with van der Waals surface area (Å²) in [5.74, 6) is 0.973. The molecule has 23 heavy (non-hydrogen) atoms. The van der Waals surface area contributed by atoms with E-state index in [1.54, 1.807) is 0 Å². The molecule has 138 valence electrons. The van der Waals surface area contributed by atoms with Crippen molar-refractivity contribution in [1.82, 2.24) is 0 Å². The van der Waals surface area contributed by atoms with Gasteiger partial charge in [-0.1, -0.05) is 124 Å². The normalized spacial score (nSPS) is 11.5. The molecule has 0 heterocycles. The van der Waals surface area contributed by atoms with Crippen molar-refractivity contribution in [3.63, 3.8) is 0 Å². The van der Waals surface area contributed by atoms with Gasteiger partial charge in [0.2, 0.25) is 0 Å². The van der Waals surface area contributed by atoms with Crippen LogP contribution in [0.1, 0.15) is 124 Å². The van der Waals surface area contributed by atoms with E-state index in [1.807, 2.05) is 0 Å². The molecule has 0 aromatic rings. The summed E-state index contributed by atoms with van der Waals surface area (Å²) in [5, 5.41) is 0. The Morgan fingerprint density at radius 1 is 0.565 bits per heavy atom. The Morgan fingerprint density at radius 2 is 0.826 bits per heavy atom. The molecule has 1 unspecified atom stereocenters. The standard InChI is InChI=1S/C20H42.2BrH.Zn/c1-4-6-8-10-12-13-15-17-19-20(3)18-16-14-11-9-7-5-2;;;/h20H,4-19H2,1-3H3;2*1H;/q;;;+2/p-2. The zero-order valence-electron chi connectivity index (χ0n) is 16.4. The van der Waals surface area contributed by atoms with Crippen LogP contribution in [0.25, 0.3) is 0 Å². The molecular formula is C20H42Br2Zn. The molecule has 0 N–H and O–H groups in total. The van der Waals surface area contributed by atoms with Crippen molar-refractivity contribution in [2.45, 2.75) is 124 Å². The first-order valence-electron chi connectivity index (χ1n) is 10.3. The van der Waals surface area contributed by atoms with Crippen LogP contribution in [0.15, 0.2) is 0 Å². The van der Waals surface area contributed by atoms with E-state index >= 15 is 0 Å². The van der Waals surface area contributed by atoms with Crippen molar-refractivity contribution in [2.24, 2.45) is 5.92 Å². The first-order valence-corrected chi connectivity index (χ1v) is 24.2. The molecule has 0 aliphatic rings. The number of hydrogen-bond donors (Lipinski definition) is 0. The first-order chi connectivity index (χ1) is 11.2. The van der Waals surface area contributed by atoms with Crippen LogP contribution in [0.4, 0.5) is 0 Å². The molecule has 0 aromatic carbocycles. The molecule has 0 aliphatic heterocycles. The number of hydrogen-bond acceptors (Lipinski definition) is 0. The van der Waals surface area contributed by atoms with Gasteiger partial charge < -0.3 is 0 Å². The third-order valence-corrected chi connectivity index (χ3v) is 4.60. The second-order valence-corrected chi connectivity index (χ2v) is 21.1. The zero-order chi connectivity index (χ0) is 17.6. The van der Waals surface area contributed by atoms with Gasteiger partial charge in [-0.25, -0.2) is 0 Å². The zero-order valence-corrected chi connectivity index (χ0v) is 22.5. The Balaban J connectivity index is 0. The topological polar surface area (TPSA) is 0 Å². The van der Waals surface area contributed by atoms with E-state index < -0.39 is 0 Å². The van der Waals surface area contributed by atoms with Crippen LogP contribution in [0.2, 0.25) is 0 Å². The van der Waals surface area contributed by atoms with E-state index in [1.165, 1.54) is 103 Å². The van der Waals surface area contributed by atoms with E-state index in [-0.39, 0.29) is 13.2 Å². The fourth-order valence-electron chi connectivity index (χ4n) is 3.04. The van der Waals surface area contributed by atoms with Crippen LogP contribution in [-0.4, -0.2) is 0 Å². The third-order valence-electron chi connectivity index (χ3n) is 4.60.